The van der Waals surface area contributed by atoms with Gasteiger partial charge in [-0.05, 0) is 43.5 Å². The van der Waals surface area contributed by atoms with Crippen LogP contribution < -0.4 is 15.5 Å². The van der Waals surface area contributed by atoms with Crippen molar-refractivity contribution in [3.8, 4) is 0 Å². The molecule has 0 bridgehead atoms. The van der Waals surface area contributed by atoms with E-state index in [2.05, 4.69) is 10.6 Å². The van der Waals surface area contributed by atoms with Gasteiger partial charge in [-0.3, -0.25) is 14.5 Å². The first-order chi connectivity index (χ1) is 13.5. The predicted molar refractivity (Wildman–Crippen MR) is 105 cm³/mol. The van der Waals surface area contributed by atoms with Crippen LogP contribution >= 0.6 is 0 Å². The first-order valence-corrected chi connectivity index (χ1v) is 9.85. The van der Waals surface area contributed by atoms with Crippen molar-refractivity contribution < 1.29 is 19.5 Å². The molecule has 1 aromatic rings. The van der Waals surface area contributed by atoms with Crippen molar-refractivity contribution in [2.75, 3.05) is 24.5 Å². The van der Waals surface area contributed by atoms with Crippen LogP contribution in [0.4, 0.5) is 10.5 Å². The van der Waals surface area contributed by atoms with Crippen LogP contribution in [0.15, 0.2) is 24.3 Å². The molecule has 3 N–H and O–H groups in total. The molecule has 1 aliphatic heterocycles. The van der Waals surface area contributed by atoms with Crippen molar-refractivity contribution in [3.63, 3.8) is 0 Å². The normalized spacial score (nSPS) is 21.5. The molecule has 0 atom stereocenters. The Kier molecular flexibility index (Phi) is 6.51. The van der Waals surface area contributed by atoms with Gasteiger partial charge in [0.15, 0.2) is 0 Å². The summed E-state index contributed by atoms with van der Waals surface area (Å²) in [6.45, 7) is 3.80. The third kappa shape index (κ3) is 5.01. The zero-order chi connectivity index (χ0) is 20.1. The maximum atomic E-state index is 12.1. The predicted octanol–water partition coefficient (Wildman–Crippen LogP) is 1.55. The number of nitrogens with one attached hydrogen (secondary N) is 2. The molecule has 1 heterocycles. The molecule has 1 saturated heterocycles. The summed E-state index contributed by atoms with van der Waals surface area (Å²) < 4.78 is 0. The number of rotatable bonds is 8. The molecule has 0 unspecified atom stereocenters. The number of amides is 3. The quantitative estimate of drug-likeness (QED) is 0.627. The Labute approximate surface area is 164 Å². The molecule has 1 aromatic carbocycles. The topological polar surface area (TPSA) is 102 Å². The molecule has 3 rings (SSSR count). The second-order valence-electron chi connectivity index (χ2n) is 7.42. The molecule has 2 fully saturated rings. The second-order valence-corrected chi connectivity index (χ2v) is 7.42. The van der Waals surface area contributed by atoms with Crippen molar-refractivity contribution in [1.82, 2.24) is 15.5 Å². The van der Waals surface area contributed by atoms with Gasteiger partial charge >= 0.3 is 12.0 Å². The van der Waals surface area contributed by atoms with E-state index in [-0.39, 0.29) is 30.6 Å². The Bertz CT molecular complexity index is 733. The Morgan fingerprint density at radius 2 is 2.11 bits per heavy atom. The van der Waals surface area contributed by atoms with Gasteiger partial charge in [-0.25, -0.2) is 4.79 Å². The monoisotopic (exact) mass is 388 g/mol. The Morgan fingerprint density at radius 1 is 1.32 bits per heavy atom. The summed E-state index contributed by atoms with van der Waals surface area (Å²) in [6, 6.07) is 7.73. The largest absolute Gasteiger partial charge is 0.480 e. The zero-order valence-corrected chi connectivity index (χ0v) is 16.2. The maximum Gasteiger partial charge on any atom is 0.317 e. The lowest BCUT2D eigenvalue weighted by molar-refractivity contribution is -0.139. The number of benzene rings is 1. The standard InChI is InChI=1S/C20H28N4O4/c1-2-23(13-19(26)27)17-10-15(11-17)22-20(28)21-12-14-5-3-6-16(9-14)24-8-4-7-18(24)25/h3,5-6,9,15,17H,2,4,7-8,10-13H2,1H3,(H,26,27)(H2,21,22,28). The highest BCUT2D eigenvalue weighted by Gasteiger charge is 2.34. The van der Waals surface area contributed by atoms with E-state index in [0.717, 1.165) is 37.1 Å². The number of carboxylic acids is 1. The highest BCUT2D eigenvalue weighted by molar-refractivity contribution is 5.95. The van der Waals surface area contributed by atoms with Crippen LogP contribution in [0.5, 0.6) is 0 Å². The zero-order valence-electron chi connectivity index (χ0n) is 16.2. The molecule has 2 aliphatic rings. The summed E-state index contributed by atoms with van der Waals surface area (Å²) in [7, 11) is 0. The van der Waals surface area contributed by atoms with Crippen molar-refractivity contribution in [3.05, 3.63) is 29.8 Å². The summed E-state index contributed by atoms with van der Waals surface area (Å²) in [4.78, 5) is 38.6. The van der Waals surface area contributed by atoms with Crippen LogP contribution in [-0.4, -0.2) is 59.6 Å². The third-order valence-corrected chi connectivity index (χ3v) is 5.46. The number of hydrogen-bond donors (Lipinski definition) is 3. The number of likely N-dealkylation sites (N-methyl/N-ethyl adjacent to an activating group) is 1. The number of carbonyl (C=O) groups excluding carboxylic acids is 2. The highest BCUT2D eigenvalue weighted by Crippen LogP contribution is 2.25. The molecule has 8 heteroatoms. The van der Waals surface area contributed by atoms with Gasteiger partial charge < -0.3 is 20.6 Å². The Balaban J connectivity index is 1.42. The van der Waals surface area contributed by atoms with Gasteiger partial charge in [0.05, 0.1) is 6.54 Å². The smallest absolute Gasteiger partial charge is 0.317 e. The van der Waals surface area contributed by atoms with Gasteiger partial charge in [0, 0.05) is 37.3 Å². The van der Waals surface area contributed by atoms with Crippen LogP contribution in [-0.2, 0) is 16.1 Å². The van der Waals surface area contributed by atoms with E-state index in [0.29, 0.717) is 19.5 Å². The van der Waals surface area contributed by atoms with Crippen LogP contribution in [0.3, 0.4) is 0 Å². The lowest BCUT2D eigenvalue weighted by Crippen LogP contribution is -2.56. The Hall–Kier alpha value is -2.61. The number of aliphatic carboxylic acids is 1. The van der Waals surface area contributed by atoms with E-state index < -0.39 is 5.97 Å². The molecule has 0 aromatic heterocycles. The molecular formula is C20H28N4O4. The first-order valence-electron chi connectivity index (χ1n) is 9.85. The molecular weight excluding hydrogens is 360 g/mol. The lowest BCUT2D eigenvalue weighted by Gasteiger charge is -2.42. The fourth-order valence-electron chi connectivity index (χ4n) is 3.85. The van der Waals surface area contributed by atoms with E-state index in [9.17, 15) is 14.4 Å². The van der Waals surface area contributed by atoms with Crippen molar-refractivity contribution >= 4 is 23.6 Å². The molecule has 0 spiro atoms. The lowest BCUT2D eigenvalue weighted by atomic mass is 9.85. The van der Waals surface area contributed by atoms with Crippen molar-refractivity contribution in [1.29, 1.82) is 0 Å². The van der Waals surface area contributed by atoms with Gasteiger partial charge in [0.25, 0.3) is 0 Å². The van der Waals surface area contributed by atoms with E-state index in [1.807, 2.05) is 36.1 Å². The molecule has 1 saturated carbocycles. The number of carboxylic acid groups (broad SMARTS) is 1. The van der Waals surface area contributed by atoms with Crippen molar-refractivity contribution in [2.24, 2.45) is 0 Å². The van der Waals surface area contributed by atoms with E-state index in [4.69, 9.17) is 5.11 Å². The van der Waals surface area contributed by atoms with E-state index >= 15 is 0 Å². The average molecular weight is 388 g/mol. The van der Waals surface area contributed by atoms with Crippen LogP contribution in [0.1, 0.15) is 38.2 Å². The molecule has 1 aliphatic carbocycles. The van der Waals surface area contributed by atoms with Crippen LogP contribution in [0.25, 0.3) is 0 Å². The number of nitrogens with zero attached hydrogens (tertiary/aromatic N) is 2. The number of hydrogen-bond acceptors (Lipinski definition) is 4. The molecule has 152 valence electrons. The number of anilines is 1. The summed E-state index contributed by atoms with van der Waals surface area (Å²) in [5.74, 6) is -0.680. The SMILES string of the molecule is CCN(CC(=O)O)C1CC(NC(=O)NCc2cccc(N3CCCC3=O)c2)C1. The molecule has 28 heavy (non-hydrogen) atoms. The molecule has 8 nitrogen and oxygen atoms in total. The minimum atomic E-state index is -0.825. The minimum Gasteiger partial charge on any atom is -0.480 e. The maximum absolute atomic E-state index is 12.1. The second kappa shape index (κ2) is 9.05. The average Bonchev–Trinajstić information content (AvgIpc) is 3.07. The van der Waals surface area contributed by atoms with E-state index in [1.54, 1.807) is 4.90 Å². The fraction of sp³-hybridized carbons (Fsp3) is 0.550. The van der Waals surface area contributed by atoms with Crippen LogP contribution in [0.2, 0.25) is 0 Å². The first kappa shape index (κ1) is 20.1. The van der Waals surface area contributed by atoms with Gasteiger partial charge in [0.1, 0.15) is 0 Å². The molecule has 3 amide bonds. The summed E-state index contributed by atoms with van der Waals surface area (Å²) in [5.41, 5.74) is 1.82. The Morgan fingerprint density at radius 3 is 2.75 bits per heavy atom. The van der Waals surface area contributed by atoms with Crippen LogP contribution in [0, 0.1) is 0 Å². The number of carbonyl (C=O) groups is 3. The summed E-state index contributed by atoms with van der Waals surface area (Å²) >= 11 is 0. The van der Waals surface area contributed by atoms with Gasteiger partial charge in [-0.1, -0.05) is 19.1 Å². The highest BCUT2D eigenvalue weighted by atomic mass is 16.4. The molecule has 0 radical (unpaired) electrons. The van der Waals surface area contributed by atoms with Crippen molar-refractivity contribution in [2.45, 2.75) is 51.2 Å². The third-order valence-electron chi connectivity index (χ3n) is 5.46. The number of urea groups is 1. The summed E-state index contributed by atoms with van der Waals surface area (Å²) in [6.07, 6.45) is 3.01. The van der Waals surface area contributed by atoms with Gasteiger partial charge in [-0.2, -0.15) is 0 Å². The summed E-state index contributed by atoms with van der Waals surface area (Å²) in [5, 5.41) is 14.7. The van der Waals surface area contributed by atoms with Gasteiger partial charge in [0.2, 0.25) is 5.91 Å². The minimum absolute atomic E-state index is 0.0376. The van der Waals surface area contributed by atoms with Gasteiger partial charge in [-0.15, -0.1) is 0 Å². The fourth-order valence-corrected chi connectivity index (χ4v) is 3.85. The van der Waals surface area contributed by atoms with E-state index in [1.165, 1.54) is 0 Å².